The minimum absolute atomic E-state index is 0.0555. The second-order valence-corrected chi connectivity index (χ2v) is 13.8. The van der Waals surface area contributed by atoms with Crippen LogP contribution in [0, 0.1) is 5.92 Å². The van der Waals surface area contributed by atoms with Gasteiger partial charge in [-0.05, 0) is 5.92 Å². The Morgan fingerprint density at radius 1 is 0.914 bits per heavy atom. The Kier molecular flexibility index (Phi) is 13.3. The van der Waals surface area contributed by atoms with E-state index >= 15 is 0 Å². The summed E-state index contributed by atoms with van der Waals surface area (Å²) < 4.78 is 48.6. The molecule has 9 heteroatoms. The van der Waals surface area contributed by atoms with E-state index in [4.69, 9.17) is 12.4 Å². The molecule has 7 nitrogen and oxygen atoms in total. The molecule has 2 N–H and O–H groups in total. The van der Waals surface area contributed by atoms with E-state index in [1.807, 2.05) is 0 Å². The van der Waals surface area contributed by atoms with Gasteiger partial charge in [-0.1, -0.05) is 46.0 Å². The Bertz CT molecular complexity index is 903. The molecule has 2 rings (SSSR count). The van der Waals surface area contributed by atoms with Gasteiger partial charge in [-0.2, -0.15) is 0 Å². The Balaban J connectivity index is 1.66. The zero-order chi connectivity index (χ0) is 25.7. The molecule has 0 aromatic heterocycles. The first-order chi connectivity index (χ1) is 16.7. The molecule has 0 amide bonds. The van der Waals surface area contributed by atoms with Gasteiger partial charge in [0.25, 0.3) is 0 Å². The molecule has 1 aromatic rings. The van der Waals surface area contributed by atoms with Gasteiger partial charge in [0.05, 0.1) is 0 Å². The molecule has 1 aliphatic rings. The van der Waals surface area contributed by atoms with E-state index in [0.717, 1.165) is 25.2 Å². The quantitative estimate of drug-likeness (QED) is 0.131. The molecule has 1 atom stereocenters. The summed E-state index contributed by atoms with van der Waals surface area (Å²) >= 11 is -3.70. The van der Waals surface area contributed by atoms with E-state index in [1.54, 1.807) is 0 Å². The average Bonchev–Trinajstić information content (AvgIpc) is 3.23. The fraction of sp³-hybridized carbons (Fsp3) is 0.731. The fourth-order valence-corrected chi connectivity index (χ4v) is 8.24. The van der Waals surface area contributed by atoms with Gasteiger partial charge in [0.1, 0.15) is 0 Å². The van der Waals surface area contributed by atoms with Gasteiger partial charge < -0.3 is 0 Å². The Morgan fingerprint density at radius 3 is 1.86 bits per heavy atom. The standard InChI is InChI=1S/C26H43NO5S.O.Ti/c1-22(2)15-13-11-9-7-5-3-4-6-8-10-12-14-16-25(29)26(30,21-28)33(31,32)24-19-17-23(27)18-20-24;;/h17-20,22H,3-16,21,27H2,1-2H3;;/q-2;;+2. The van der Waals surface area contributed by atoms with Crippen LogP contribution in [-0.2, 0) is 43.2 Å². The number of hydrogen-bond donors (Lipinski definition) is 1. The molecule has 0 spiro atoms. The van der Waals surface area contributed by atoms with Crippen molar-refractivity contribution in [2.45, 2.75) is 114 Å². The summed E-state index contributed by atoms with van der Waals surface area (Å²) in [6, 6.07) is 5.56. The van der Waals surface area contributed by atoms with Gasteiger partial charge in [-0.3, -0.25) is 0 Å². The molecule has 1 saturated heterocycles. The molecule has 1 heterocycles. The van der Waals surface area contributed by atoms with E-state index in [1.165, 1.54) is 82.1 Å². The molecule has 198 valence electrons. The average molecular weight is 546 g/mol. The van der Waals surface area contributed by atoms with Crippen molar-refractivity contribution in [1.29, 1.82) is 0 Å². The van der Waals surface area contributed by atoms with Crippen molar-refractivity contribution in [2.24, 2.45) is 5.92 Å². The number of anilines is 1. The van der Waals surface area contributed by atoms with Crippen molar-refractivity contribution in [3.05, 3.63) is 24.3 Å². The summed E-state index contributed by atoms with van der Waals surface area (Å²) in [7, 11) is -4.23. The van der Waals surface area contributed by atoms with Crippen LogP contribution in [0.15, 0.2) is 29.2 Å². The third-order valence-corrected chi connectivity index (χ3v) is 10.4. The summed E-state index contributed by atoms with van der Waals surface area (Å²) in [6.07, 6.45) is 15.4. The molecular weight excluding hydrogens is 502 g/mol. The van der Waals surface area contributed by atoms with Gasteiger partial charge in [-0.25, -0.2) is 0 Å². The molecule has 1 aromatic carbocycles. The van der Waals surface area contributed by atoms with Crippen LogP contribution < -0.4 is 5.73 Å². The zero-order valence-corrected chi connectivity index (χ0v) is 23.8. The number of benzene rings is 1. The van der Waals surface area contributed by atoms with Crippen LogP contribution in [0.1, 0.15) is 104 Å². The predicted octanol–water partition coefficient (Wildman–Crippen LogP) is 6.27. The van der Waals surface area contributed by atoms with Crippen LogP contribution in [0.3, 0.4) is 0 Å². The predicted molar refractivity (Wildman–Crippen MR) is 133 cm³/mol. The molecule has 1 fully saturated rings. The molecule has 0 radical (unpaired) electrons. The maximum absolute atomic E-state index is 13.2. The first-order valence-electron chi connectivity index (χ1n) is 13.2. The number of hydrogen-bond acceptors (Lipinski definition) is 7. The Hall–Kier alpha value is -0.926. The molecular formula is C26H43NO6STi. The molecule has 35 heavy (non-hydrogen) atoms. The molecule has 0 saturated carbocycles. The number of nitrogens with two attached hydrogens (primary N) is 1. The second-order valence-electron chi connectivity index (χ2n) is 10.1. The number of carbonyl (C=O) groups excluding carboxylic acids is 1. The van der Waals surface area contributed by atoms with Crippen molar-refractivity contribution >= 4 is 21.3 Å². The summed E-state index contributed by atoms with van der Waals surface area (Å²) in [6.45, 7) is 4.05. The Morgan fingerprint density at radius 2 is 1.40 bits per heavy atom. The SMILES string of the molecule is CC(C)CCCCCCCCCCCCCCC(=O)C1(S(=O)(=O)c2ccc(N)cc2)C[O][Ti](=[O])[O]1. The van der Waals surface area contributed by atoms with E-state index in [2.05, 4.69) is 13.8 Å². The first kappa shape index (κ1) is 30.3. The van der Waals surface area contributed by atoms with Crippen LogP contribution >= 0.6 is 0 Å². The monoisotopic (exact) mass is 545 g/mol. The van der Waals surface area contributed by atoms with Gasteiger partial charge in [0.15, 0.2) is 0 Å². The molecule has 0 aliphatic carbocycles. The van der Waals surface area contributed by atoms with E-state index in [9.17, 15) is 16.5 Å². The molecule has 1 unspecified atom stereocenters. The van der Waals surface area contributed by atoms with Gasteiger partial charge in [-0.15, -0.1) is 0 Å². The number of ketones is 1. The third kappa shape index (κ3) is 9.47. The summed E-state index contributed by atoms with van der Waals surface area (Å²) in [4.78, 5) is 10.7. The number of unbranched alkanes of at least 4 members (excludes halogenated alkanes) is 11. The van der Waals surface area contributed by atoms with E-state index < -0.39 is 45.8 Å². The fourth-order valence-electron chi connectivity index (χ4n) is 4.40. The maximum atomic E-state index is 13.2. The van der Waals surface area contributed by atoms with Crippen molar-refractivity contribution in [2.75, 3.05) is 12.3 Å². The topological polar surface area (TPSA) is 113 Å². The number of Topliss-reactive ketones (excluding diaryl/α,β-unsaturated/α-hetero) is 1. The minimum atomic E-state index is -4.23. The van der Waals surface area contributed by atoms with Crippen LogP contribution in [0.25, 0.3) is 0 Å². The van der Waals surface area contributed by atoms with Crippen molar-refractivity contribution in [3.63, 3.8) is 0 Å². The van der Waals surface area contributed by atoms with Crippen LogP contribution in [0.2, 0.25) is 0 Å². The van der Waals surface area contributed by atoms with Gasteiger partial charge in [0.2, 0.25) is 0 Å². The van der Waals surface area contributed by atoms with Gasteiger partial charge in [0, 0.05) is 0 Å². The van der Waals surface area contributed by atoms with Gasteiger partial charge >= 0.3 is 167 Å². The third-order valence-electron chi connectivity index (χ3n) is 6.61. The second kappa shape index (κ2) is 15.4. The zero-order valence-electron chi connectivity index (χ0n) is 21.4. The van der Waals surface area contributed by atoms with Crippen molar-refractivity contribution < 1.29 is 41.8 Å². The van der Waals surface area contributed by atoms with Crippen molar-refractivity contribution in [3.8, 4) is 0 Å². The van der Waals surface area contributed by atoms with Crippen LogP contribution in [-0.4, -0.2) is 25.7 Å². The van der Waals surface area contributed by atoms with E-state index in [0.29, 0.717) is 12.1 Å². The number of nitrogen functional groups attached to an aromatic ring is 1. The normalized spacial score (nSPS) is 18.4. The summed E-state index contributed by atoms with van der Waals surface area (Å²) in [5.74, 6) is 0.232. The summed E-state index contributed by atoms with van der Waals surface area (Å²) in [5, 5.41) is 0. The summed E-state index contributed by atoms with van der Waals surface area (Å²) in [5.41, 5.74) is 6.05. The van der Waals surface area contributed by atoms with Crippen LogP contribution in [0.5, 0.6) is 0 Å². The number of carbonyl (C=O) groups is 1. The van der Waals surface area contributed by atoms with E-state index in [-0.39, 0.29) is 11.3 Å². The van der Waals surface area contributed by atoms with Crippen molar-refractivity contribution in [1.82, 2.24) is 0 Å². The Labute approximate surface area is 218 Å². The molecule has 1 aliphatic heterocycles. The first-order valence-corrected chi connectivity index (χ1v) is 16.6. The van der Waals surface area contributed by atoms with Crippen LogP contribution in [0.4, 0.5) is 5.69 Å². The number of rotatable bonds is 18. The molecule has 0 bridgehead atoms. The number of sulfone groups is 1.